The van der Waals surface area contributed by atoms with E-state index in [-0.39, 0.29) is 0 Å². The van der Waals surface area contributed by atoms with Crippen LogP contribution in [0.1, 0.15) is 47.9 Å². The Labute approximate surface area is 160 Å². The van der Waals surface area contributed by atoms with Gasteiger partial charge >= 0.3 is 0 Å². The van der Waals surface area contributed by atoms with Crippen molar-refractivity contribution in [3.63, 3.8) is 0 Å². The summed E-state index contributed by atoms with van der Waals surface area (Å²) in [7, 11) is 0. The molecule has 0 atom stereocenters. The molecule has 1 fully saturated rings. The molecule has 0 heterocycles. The highest BCUT2D eigenvalue weighted by Crippen LogP contribution is 2.29. The van der Waals surface area contributed by atoms with E-state index in [2.05, 4.69) is 76.7 Å². The first kappa shape index (κ1) is 17.0. The summed E-state index contributed by atoms with van der Waals surface area (Å²) in [5.41, 5.74) is 7.03. The largest absolute Gasteiger partial charge is 0.195 e. The summed E-state index contributed by atoms with van der Waals surface area (Å²) < 4.78 is 0. The average Bonchev–Trinajstić information content (AvgIpc) is 3.30. The van der Waals surface area contributed by atoms with Gasteiger partial charge in [-0.15, -0.1) is 0 Å². The Morgan fingerprint density at radius 1 is 1.00 bits per heavy atom. The molecule has 0 N–H and O–H groups in total. The highest BCUT2D eigenvalue weighted by molar-refractivity contribution is 7.78. The van der Waals surface area contributed by atoms with Gasteiger partial charge in [-0.25, -0.2) is 0 Å². The van der Waals surface area contributed by atoms with Gasteiger partial charge in [0.2, 0.25) is 0 Å². The number of hydrogen-bond acceptors (Lipinski definition) is 2. The molecule has 0 aliphatic heterocycles. The Hall–Kier alpha value is -2.46. The third kappa shape index (κ3) is 4.02. The maximum atomic E-state index is 4.68. The highest BCUT2D eigenvalue weighted by atomic mass is 32.1. The van der Waals surface area contributed by atoms with Crippen LogP contribution in [0.15, 0.2) is 53.0 Å². The van der Waals surface area contributed by atoms with E-state index in [4.69, 9.17) is 0 Å². The van der Waals surface area contributed by atoms with E-state index in [0.717, 1.165) is 29.2 Å². The van der Waals surface area contributed by atoms with Crippen molar-refractivity contribution in [1.29, 1.82) is 0 Å². The van der Waals surface area contributed by atoms with Gasteiger partial charge in [-0.1, -0.05) is 55.7 Å². The van der Waals surface area contributed by atoms with Crippen LogP contribution in [-0.4, -0.2) is 5.16 Å². The minimum absolute atomic E-state index is 0.860. The molecule has 2 heteroatoms. The third-order valence-corrected chi connectivity index (χ3v) is 5.42. The molecule has 2 aromatic carbocycles. The Bertz CT molecular complexity index is 944. The maximum Gasteiger partial charge on any atom is 0.0742 e. The van der Waals surface area contributed by atoms with Crippen LogP contribution < -0.4 is 0 Å². The van der Waals surface area contributed by atoms with Crippen LogP contribution in [-0.2, 0) is 12.8 Å². The number of nitrogens with zero attached hydrogens (tertiary/aromatic N) is 1. The predicted molar refractivity (Wildman–Crippen MR) is 112 cm³/mol. The van der Waals surface area contributed by atoms with Gasteiger partial charge in [0.25, 0.3) is 0 Å². The van der Waals surface area contributed by atoms with Crippen LogP contribution in [0.5, 0.6) is 0 Å². The van der Waals surface area contributed by atoms with Crippen LogP contribution in [0.2, 0.25) is 0 Å². The first-order valence-electron chi connectivity index (χ1n) is 9.32. The lowest BCUT2D eigenvalue weighted by atomic mass is 9.97. The normalized spacial score (nSPS) is 15.6. The van der Waals surface area contributed by atoms with Crippen molar-refractivity contribution in [2.24, 2.45) is 10.9 Å². The van der Waals surface area contributed by atoms with Gasteiger partial charge in [-0.3, -0.25) is 0 Å². The molecular formula is C24H21NS. The van der Waals surface area contributed by atoms with Crippen LogP contribution in [0.4, 0.5) is 5.69 Å². The fourth-order valence-electron chi connectivity index (χ4n) is 3.96. The molecule has 4 rings (SSSR count). The van der Waals surface area contributed by atoms with E-state index in [1.165, 1.54) is 48.8 Å². The molecule has 2 aromatic rings. The number of benzene rings is 2. The molecule has 1 saturated carbocycles. The third-order valence-electron chi connectivity index (χ3n) is 5.33. The Morgan fingerprint density at radius 3 is 2.58 bits per heavy atom. The summed E-state index contributed by atoms with van der Waals surface area (Å²) in [5, 5.41) is 2.42. The van der Waals surface area contributed by atoms with Gasteiger partial charge in [0.1, 0.15) is 0 Å². The fourth-order valence-corrected chi connectivity index (χ4v) is 4.06. The van der Waals surface area contributed by atoms with E-state index in [1.54, 1.807) is 0 Å². The smallest absolute Gasteiger partial charge is 0.0742 e. The van der Waals surface area contributed by atoms with Crippen LogP contribution >= 0.6 is 12.2 Å². The van der Waals surface area contributed by atoms with Crippen molar-refractivity contribution in [1.82, 2.24) is 0 Å². The van der Waals surface area contributed by atoms with Gasteiger partial charge in [-0.2, -0.15) is 4.99 Å². The van der Waals surface area contributed by atoms with E-state index in [0.29, 0.717) is 0 Å². The van der Waals surface area contributed by atoms with Crippen molar-refractivity contribution in [2.45, 2.75) is 38.5 Å². The van der Waals surface area contributed by atoms with Crippen molar-refractivity contribution in [2.75, 3.05) is 0 Å². The zero-order valence-corrected chi connectivity index (χ0v) is 15.6. The number of rotatable bonds is 3. The summed E-state index contributed by atoms with van der Waals surface area (Å²) in [6.45, 7) is 0. The molecule has 2 aliphatic rings. The van der Waals surface area contributed by atoms with Gasteiger partial charge in [0.05, 0.1) is 10.8 Å². The topological polar surface area (TPSA) is 12.4 Å². The molecule has 0 spiro atoms. The lowest BCUT2D eigenvalue weighted by molar-refractivity contribution is 0.546. The van der Waals surface area contributed by atoms with Crippen molar-refractivity contribution >= 4 is 29.1 Å². The molecule has 0 saturated heterocycles. The molecular weight excluding hydrogens is 334 g/mol. The number of allylic oxidation sites excluding steroid dienone is 1. The lowest BCUT2D eigenvalue weighted by Crippen LogP contribution is -1.98. The second kappa shape index (κ2) is 7.83. The second-order valence-corrected chi connectivity index (χ2v) is 7.42. The molecule has 0 radical (unpaired) electrons. The molecule has 2 aliphatic carbocycles. The summed E-state index contributed by atoms with van der Waals surface area (Å²) in [6, 6.07) is 14.9. The standard InChI is InChI=1S/C24H21NS/c26-17-25-24-12-11-22-14-21(15-23(22)16-24)10-7-18-5-8-20(9-6-18)13-19-3-1-2-4-19/h5-6,8-9,11-12,14,16,19H,1-4,13,15H2. The maximum absolute atomic E-state index is 4.68. The summed E-state index contributed by atoms with van der Waals surface area (Å²) in [6.07, 6.45) is 9.86. The van der Waals surface area contributed by atoms with Crippen molar-refractivity contribution < 1.29 is 0 Å². The second-order valence-electron chi connectivity index (χ2n) is 7.23. The van der Waals surface area contributed by atoms with Crippen molar-refractivity contribution in [3.8, 4) is 11.8 Å². The van der Waals surface area contributed by atoms with Gasteiger partial charge in [-0.05, 0) is 71.6 Å². The first-order valence-corrected chi connectivity index (χ1v) is 9.73. The van der Waals surface area contributed by atoms with E-state index >= 15 is 0 Å². The molecule has 26 heavy (non-hydrogen) atoms. The molecule has 0 bridgehead atoms. The summed E-state index contributed by atoms with van der Waals surface area (Å²) >= 11 is 4.68. The number of thiocarbonyl (C=S) groups is 1. The first-order chi connectivity index (χ1) is 12.8. The Balaban J connectivity index is 1.42. The van der Waals surface area contributed by atoms with Crippen molar-refractivity contribution in [3.05, 3.63) is 70.3 Å². The predicted octanol–water partition coefficient (Wildman–Crippen LogP) is 6.14. The quantitative estimate of drug-likeness (QED) is 0.366. The monoisotopic (exact) mass is 355 g/mol. The van der Waals surface area contributed by atoms with E-state index in [1.807, 2.05) is 6.07 Å². The van der Waals surface area contributed by atoms with Crippen LogP contribution in [0, 0.1) is 17.8 Å². The van der Waals surface area contributed by atoms with Gasteiger partial charge in [0.15, 0.2) is 0 Å². The highest BCUT2D eigenvalue weighted by Gasteiger charge is 2.15. The van der Waals surface area contributed by atoms with Crippen LogP contribution in [0.3, 0.4) is 0 Å². The zero-order chi connectivity index (χ0) is 17.8. The minimum Gasteiger partial charge on any atom is -0.195 e. The summed E-state index contributed by atoms with van der Waals surface area (Å²) in [4.78, 5) is 4.05. The van der Waals surface area contributed by atoms with E-state index < -0.39 is 0 Å². The lowest BCUT2D eigenvalue weighted by Gasteiger charge is -2.08. The SMILES string of the molecule is S=C=Nc1ccc2c(c1)CC(C#Cc1ccc(CC3CCCC3)cc1)=C2. The Morgan fingerprint density at radius 2 is 1.81 bits per heavy atom. The minimum atomic E-state index is 0.860. The zero-order valence-electron chi connectivity index (χ0n) is 14.8. The number of fused-ring (bicyclic) bond motifs is 1. The Kier molecular flexibility index (Phi) is 5.12. The molecule has 0 aromatic heterocycles. The molecule has 128 valence electrons. The van der Waals surface area contributed by atoms with Crippen LogP contribution in [0.25, 0.3) is 6.08 Å². The summed E-state index contributed by atoms with van der Waals surface area (Å²) in [5.74, 6) is 7.53. The van der Waals surface area contributed by atoms with Gasteiger partial charge in [0, 0.05) is 17.6 Å². The average molecular weight is 356 g/mol. The molecule has 0 unspecified atom stereocenters. The van der Waals surface area contributed by atoms with Gasteiger partial charge < -0.3 is 0 Å². The number of aliphatic imine (C=N–C) groups is 1. The number of hydrogen-bond donors (Lipinski definition) is 0. The fraction of sp³-hybridized carbons (Fsp3) is 0.292. The van der Waals surface area contributed by atoms with E-state index in [9.17, 15) is 0 Å². The number of isothiocyanates is 1. The molecule has 0 amide bonds. The molecule has 1 nitrogen and oxygen atoms in total.